The maximum Gasteiger partial charge on any atom is 0.417 e. The van der Waals surface area contributed by atoms with Crippen LogP contribution in [0, 0.1) is 0 Å². The minimum absolute atomic E-state index is 0.0322. The summed E-state index contributed by atoms with van der Waals surface area (Å²) >= 11 is 1.49. The van der Waals surface area contributed by atoms with Gasteiger partial charge in [0.25, 0.3) is 0 Å². The Balaban J connectivity index is 3.01. The van der Waals surface area contributed by atoms with E-state index >= 15 is 0 Å². The third-order valence-corrected chi connectivity index (χ3v) is 2.89. The van der Waals surface area contributed by atoms with Gasteiger partial charge < -0.3 is 0 Å². The lowest BCUT2D eigenvalue weighted by atomic mass is 10.1. The zero-order chi connectivity index (χ0) is 10.8. The van der Waals surface area contributed by atoms with Crippen molar-refractivity contribution < 1.29 is 13.2 Å². The van der Waals surface area contributed by atoms with Crippen LogP contribution in [0.25, 0.3) is 0 Å². The van der Waals surface area contributed by atoms with E-state index in [1.54, 1.807) is 0 Å². The van der Waals surface area contributed by atoms with Crippen molar-refractivity contribution in [3.05, 3.63) is 29.6 Å². The summed E-state index contributed by atoms with van der Waals surface area (Å²) in [4.78, 5) is 3.59. The molecule has 0 bridgehead atoms. The van der Waals surface area contributed by atoms with E-state index in [0.29, 0.717) is 5.56 Å². The molecule has 0 aliphatic heterocycles. The molecule has 1 aromatic rings. The average Bonchev–Trinajstić information content (AvgIpc) is 2.15. The van der Waals surface area contributed by atoms with Crippen LogP contribution < -0.4 is 0 Å². The van der Waals surface area contributed by atoms with Crippen molar-refractivity contribution in [3.8, 4) is 0 Å². The highest BCUT2D eigenvalue weighted by atomic mass is 32.2. The van der Waals surface area contributed by atoms with E-state index in [-0.39, 0.29) is 5.25 Å². The van der Waals surface area contributed by atoms with Gasteiger partial charge in [-0.05, 0) is 24.8 Å². The second-order valence-electron chi connectivity index (χ2n) is 2.88. The first kappa shape index (κ1) is 11.4. The molecule has 0 spiro atoms. The number of rotatable bonds is 2. The number of hydrogen-bond donors (Lipinski definition) is 0. The fraction of sp³-hybridized carbons (Fsp3) is 0.444. The molecular formula is C9H10F3NS. The number of aromatic nitrogens is 1. The Morgan fingerprint density at radius 2 is 2.00 bits per heavy atom. The molecule has 5 heteroatoms. The number of nitrogens with zero attached hydrogens (tertiary/aromatic N) is 1. The molecule has 0 amide bonds. The van der Waals surface area contributed by atoms with E-state index in [1.165, 1.54) is 18.0 Å². The number of hydrogen-bond acceptors (Lipinski definition) is 2. The fourth-order valence-electron chi connectivity index (χ4n) is 0.971. The van der Waals surface area contributed by atoms with E-state index < -0.39 is 11.7 Å². The molecule has 0 aromatic carbocycles. The topological polar surface area (TPSA) is 12.9 Å². The summed E-state index contributed by atoms with van der Waals surface area (Å²) in [6, 6.07) is 1.15. The fourth-order valence-corrected chi connectivity index (χ4v) is 1.37. The van der Waals surface area contributed by atoms with Crippen LogP contribution in [0.4, 0.5) is 13.2 Å². The zero-order valence-corrected chi connectivity index (χ0v) is 8.62. The van der Waals surface area contributed by atoms with Gasteiger partial charge in [0.05, 0.1) is 5.56 Å². The van der Waals surface area contributed by atoms with Crippen molar-refractivity contribution in [3.63, 3.8) is 0 Å². The van der Waals surface area contributed by atoms with E-state index in [4.69, 9.17) is 0 Å². The molecule has 0 N–H and O–H groups in total. The van der Waals surface area contributed by atoms with Gasteiger partial charge in [0, 0.05) is 17.6 Å². The lowest BCUT2D eigenvalue weighted by Gasteiger charge is -2.11. The van der Waals surface area contributed by atoms with Gasteiger partial charge in [-0.2, -0.15) is 24.9 Å². The molecule has 1 unspecified atom stereocenters. The standard InChI is InChI=1S/C9H10F3NS/c1-6(14-2)7-3-8(5-13-4-7)9(10,11)12/h3-6H,1-2H3. The van der Waals surface area contributed by atoms with Crippen LogP contribution >= 0.6 is 11.8 Å². The summed E-state index contributed by atoms with van der Waals surface area (Å²) < 4.78 is 36.9. The Bertz CT molecular complexity index is 311. The summed E-state index contributed by atoms with van der Waals surface area (Å²) in [5.74, 6) is 0. The Kier molecular flexibility index (Phi) is 3.42. The second-order valence-corrected chi connectivity index (χ2v) is 4.06. The third kappa shape index (κ3) is 2.64. The average molecular weight is 221 g/mol. The van der Waals surface area contributed by atoms with Gasteiger partial charge in [-0.15, -0.1) is 0 Å². The SMILES string of the molecule is CSC(C)c1cncc(C(F)(F)F)c1. The minimum Gasteiger partial charge on any atom is -0.264 e. The molecule has 0 radical (unpaired) electrons. The van der Waals surface area contributed by atoms with Crippen molar-refractivity contribution >= 4 is 11.8 Å². The summed E-state index contributed by atoms with van der Waals surface area (Å²) in [5, 5.41) is 0.0322. The quantitative estimate of drug-likeness (QED) is 0.757. The van der Waals surface area contributed by atoms with E-state index in [2.05, 4.69) is 4.98 Å². The van der Waals surface area contributed by atoms with Crippen LogP contribution in [0.15, 0.2) is 18.5 Å². The van der Waals surface area contributed by atoms with Gasteiger partial charge in [0.1, 0.15) is 0 Å². The highest BCUT2D eigenvalue weighted by Crippen LogP contribution is 2.32. The summed E-state index contributed by atoms with van der Waals surface area (Å²) in [6.07, 6.45) is -0.140. The van der Waals surface area contributed by atoms with Crippen LogP contribution in [0.5, 0.6) is 0 Å². The van der Waals surface area contributed by atoms with Gasteiger partial charge in [0.2, 0.25) is 0 Å². The molecule has 0 aliphatic rings. The first-order valence-corrected chi connectivity index (χ1v) is 5.29. The number of alkyl halides is 3. The van der Waals surface area contributed by atoms with Crippen molar-refractivity contribution in [1.29, 1.82) is 0 Å². The van der Waals surface area contributed by atoms with Crippen LogP contribution in [0.3, 0.4) is 0 Å². The molecule has 1 nitrogen and oxygen atoms in total. The van der Waals surface area contributed by atoms with Crippen LogP contribution in [0.1, 0.15) is 23.3 Å². The van der Waals surface area contributed by atoms with Gasteiger partial charge in [-0.1, -0.05) is 0 Å². The molecule has 1 atom stereocenters. The van der Waals surface area contributed by atoms with Crippen molar-refractivity contribution in [2.24, 2.45) is 0 Å². The van der Waals surface area contributed by atoms with Crippen LogP contribution in [0.2, 0.25) is 0 Å². The molecule has 1 aromatic heterocycles. The largest absolute Gasteiger partial charge is 0.417 e. The van der Waals surface area contributed by atoms with Gasteiger partial charge in [0.15, 0.2) is 0 Å². The highest BCUT2D eigenvalue weighted by molar-refractivity contribution is 7.98. The van der Waals surface area contributed by atoms with Crippen molar-refractivity contribution in [2.45, 2.75) is 18.3 Å². The Morgan fingerprint density at radius 1 is 1.36 bits per heavy atom. The lowest BCUT2D eigenvalue weighted by Crippen LogP contribution is -2.06. The van der Waals surface area contributed by atoms with E-state index in [1.807, 2.05) is 13.2 Å². The van der Waals surface area contributed by atoms with Crippen LogP contribution in [-0.4, -0.2) is 11.2 Å². The first-order chi connectivity index (χ1) is 6.45. The van der Waals surface area contributed by atoms with E-state index in [9.17, 15) is 13.2 Å². The number of pyridine rings is 1. The maximum absolute atomic E-state index is 12.3. The smallest absolute Gasteiger partial charge is 0.264 e. The van der Waals surface area contributed by atoms with Gasteiger partial charge >= 0.3 is 6.18 Å². The molecule has 0 saturated heterocycles. The van der Waals surface area contributed by atoms with Crippen molar-refractivity contribution in [1.82, 2.24) is 4.98 Å². The van der Waals surface area contributed by atoms with Gasteiger partial charge in [-0.3, -0.25) is 4.98 Å². The zero-order valence-electron chi connectivity index (χ0n) is 7.80. The summed E-state index contributed by atoms with van der Waals surface area (Å²) in [7, 11) is 0. The predicted octanol–water partition coefficient (Wildman–Crippen LogP) is 3.52. The van der Waals surface area contributed by atoms with Crippen LogP contribution in [-0.2, 0) is 6.18 Å². The highest BCUT2D eigenvalue weighted by Gasteiger charge is 2.31. The maximum atomic E-state index is 12.3. The van der Waals surface area contributed by atoms with Gasteiger partial charge in [-0.25, -0.2) is 0 Å². The lowest BCUT2D eigenvalue weighted by molar-refractivity contribution is -0.137. The Labute approximate surface area is 84.7 Å². The molecule has 1 rings (SSSR count). The molecular weight excluding hydrogens is 211 g/mol. The Hall–Kier alpha value is -0.710. The minimum atomic E-state index is -4.30. The molecule has 78 valence electrons. The monoisotopic (exact) mass is 221 g/mol. The second kappa shape index (κ2) is 4.21. The molecule has 0 aliphatic carbocycles. The molecule has 0 saturated carbocycles. The number of thioether (sulfide) groups is 1. The summed E-state index contributed by atoms with van der Waals surface area (Å²) in [6.45, 7) is 1.85. The molecule has 14 heavy (non-hydrogen) atoms. The van der Waals surface area contributed by atoms with E-state index in [0.717, 1.165) is 12.3 Å². The summed E-state index contributed by atoms with van der Waals surface area (Å²) in [5.41, 5.74) is -0.0803. The number of halogens is 3. The third-order valence-electron chi connectivity index (χ3n) is 1.91. The normalized spacial score (nSPS) is 14.1. The first-order valence-electron chi connectivity index (χ1n) is 4.00. The molecule has 1 heterocycles. The van der Waals surface area contributed by atoms with Crippen molar-refractivity contribution in [2.75, 3.05) is 6.26 Å². The molecule has 0 fully saturated rings. The predicted molar refractivity (Wildman–Crippen MR) is 51.2 cm³/mol. The Morgan fingerprint density at radius 3 is 2.50 bits per heavy atom.